The molecule has 4 bridgehead atoms. The highest BCUT2D eigenvalue weighted by molar-refractivity contribution is 5.87. The molecule has 0 saturated heterocycles. The molecule has 0 spiro atoms. The lowest BCUT2D eigenvalue weighted by molar-refractivity contribution is -0.166. The Morgan fingerprint density at radius 3 is 2.24 bits per heavy atom. The first kappa shape index (κ1) is 22.3. The standard InChI is InChI=1S/C16H22O2.C8H16O3/c1-8(2)16(17)18-13-7-11-6-12(13)15-10-4-3-9(5-10)14(11)15;1-5-8(3,4)11-6-10-7(2)9/h9-15H,1,3-7H2,2H3;5-6H2,1-4H3. The zero-order valence-electron chi connectivity index (χ0n) is 18.7. The van der Waals surface area contributed by atoms with Crippen LogP contribution in [0.5, 0.6) is 0 Å². The third-order valence-electron chi connectivity index (χ3n) is 7.84. The van der Waals surface area contributed by atoms with Crippen molar-refractivity contribution in [3.8, 4) is 0 Å². The van der Waals surface area contributed by atoms with E-state index in [1.54, 1.807) is 6.92 Å². The average molecular weight is 407 g/mol. The lowest BCUT2D eigenvalue weighted by atomic mass is 9.70. The smallest absolute Gasteiger partial charge is 0.333 e. The predicted molar refractivity (Wildman–Crippen MR) is 111 cm³/mol. The van der Waals surface area contributed by atoms with Crippen LogP contribution >= 0.6 is 0 Å². The minimum Gasteiger partial charge on any atom is -0.459 e. The Morgan fingerprint density at radius 1 is 1.00 bits per heavy atom. The molecule has 0 aromatic rings. The van der Waals surface area contributed by atoms with E-state index in [2.05, 4.69) is 11.3 Å². The Hall–Kier alpha value is -1.36. The normalized spacial score (nSPS) is 36.2. The summed E-state index contributed by atoms with van der Waals surface area (Å²) in [5, 5.41) is 0. The molecular weight excluding hydrogens is 368 g/mol. The number of carbonyl (C=O) groups is 2. The van der Waals surface area contributed by atoms with Crippen molar-refractivity contribution in [3.05, 3.63) is 12.2 Å². The number of fused-ring (bicyclic) bond motifs is 9. The summed E-state index contributed by atoms with van der Waals surface area (Å²) in [7, 11) is 0. The first-order chi connectivity index (χ1) is 13.6. The van der Waals surface area contributed by atoms with E-state index in [4.69, 9.17) is 9.47 Å². The number of esters is 2. The summed E-state index contributed by atoms with van der Waals surface area (Å²) in [6, 6.07) is 0. The van der Waals surface area contributed by atoms with Gasteiger partial charge in [-0.25, -0.2) is 4.79 Å². The van der Waals surface area contributed by atoms with Crippen molar-refractivity contribution in [3.63, 3.8) is 0 Å². The maximum Gasteiger partial charge on any atom is 0.333 e. The van der Waals surface area contributed by atoms with Gasteiger partial charge in [0.1, 0.15) is 6.10 Å². The molecule has 7 atom stereocenters. The molecule has 4 aliphatic carbocycles. The molecular formula is C24H38O5. The summed E-state index contributed by atoms with van der Waals surface area (Å²) in [6.45, 7) is 12.8. The lowest BCUT2D eigenvalue weighted by Gasteiger charge is -2.38. The fourth-order valence-electron chi connectivity index (χ4n) is 6.25. The maximum atomic E-state index is 11.7. The van der Waals surface area contributed by atoms with Gasteiger partial charge in [0.25, 0.3) is 0 Å². The molecule has 0 amide bonds. The molecule has 0 heterocycles. The highest BCUT2D eigenvalue weighted by Crippen LogP contribution is 2.67. The second-order valence-corrected chi connectivity index (χ2v) is 10.1. The van der Waals surface area contributed by atoms with Crippen LogP contribution in [0.4, 0.5) is 0 Å². The van der Waals surface area contributed by atoms with Crippen LogP contribution in [0.15, 0.2) is 12.2 Å². The second-order valence-electron chi connectivity index (χ2n) is 10.1. The number of ether oxygens (including phenoxy) is 3. The van der Waals surface area contributed by atoms with Gasteiger partial charge in [0, 0.05) is 12.5 Å². The van der Waals surface area contributed by atoms with Crippen molar-refractivity contribution in [2.45, 2.75) is 84.8 Å². The van der Waals surface area contributed by atoms with Gasteiger partial charge in [-0.3, -0.25) is 4.79 Å². The lowest BCUT2D eigenvalue weighted by Crippen LogP contribution is -2.37. The van der Waals surface area contributed by atoms with Gasteiger partial charge >= 0.3 is 11.9 Å². The van der Waals surface area contributed by atoms with Gasteiger partial charge in [0.05, 0.1) is 5.60 Å². The topological polar surface area (TPSA) is 61.8 Å². The van der Waals surface area contributed by atoms with Crippen LogP contribution in [-0.4, -0.2) is 30.4 Å². The van der Waals surface area contributed by atoms with E-state index < -0.39 is 0 Å². The summed E-state index contributed by atoms with van der Waals surface area (Å²) in [5.74, 6) is 4.93. The highest BCUT2D eigenvalue weighted by atomic mass is 16.7. The summed E-state index contributed by atoms with van der Waals surface area (Å²) < 4.78 is 15.5. The molecule has 0 aliphatic heterocycles. The van der Waals surface area contributed by atoms with E-state index in [0.29, 0.717) is 11.5 Å². The second kappa shape index (κ2) is 8.79. The Balaban J connectivity index is 0.000000191. The molecule has 4 aliphatic rings. The molecule has 0 aromatic carbocycles. The fourth-order valence-corrected chi connectivity index (χ4v) is 6.25. The summed E-state index contributed by atoms with van der Waals surface area (Å²) in [6.07, 6.45) is 7.96. The fraction of sp³-hybridized carbons (Fsp3) is 0.833. The third-order valence-corrected chi connectivity index (χ3v) is 7.84. The number of rotatable bonds is 6. The van der Waals surface area contributed by atoms with Crippen LogP contribution < -0.4 is 0 Å². The van der Waals surface area contributed by atoms with E-state index >= 15 is 0 Å². The van der Waals surface area contributed by atoms with Crippen LogP contribution in [0.2, 0.25) is 0 Å². The number of carbonyl (C=O) groups excluding carboxylic acids is 2. The van der Waals surface area contributed by atoms with Gasteiger partial charge in [0.2, 0.25) is 0 Å². The molecule has 0 N–H and O–H groups in total. The highest BCUT2D eigenvalue weighted by Gasteiger charge is 2.63. The quantitative estimate of drug-likeness (QED) is 0.272. The molecule has 4 fully saturated rings. The minimum atomic E-state index is -0.308. The Morgan fingerprint density at radius 2 is 1.66 bits per heavy atom. The van der Waals surface area contributed by atoms with E-state index in [-0.39, 0.29) is 30.4 Å². The molecule has 29 heavy (non-hydrogen) atoms. The van der Waals surface area contributed by atoms with Gasteiger partial charge in [-0.15, -0.1) is 0 Å². The van der Waals surface area contributed by atoms with E-state index in [9.17, 15) is 9.59 Å². The van der Waals surface area contributed by atoms with Crippen LogP contribution in [-0.2, 0) is 23.8 Å². The van der Waals surface area contributed by atoms with Crippen molar-refractivity contribution in [1.29, 1.82) is 0 Å². The van der Waals surface area contributed by atoms with Crippen LogP contribution in [0.25, 0.3) is 0 Å². The van der Waals surface area contributed by atoms with Crippen molar-refractivity contribution in [1.82, 2.24) is 0 Å². The Bertz CT molecular complexity index is 639. The Kier molecular flexibility index (Phi) is 6.77. The Labute approximate surface area is 175 Å². The maximum absolute atomic E-state index is 11.7. The SMILES string of the molecule is C=C(C)C(=O)OC1CC2CC1C1C3CCC(C3)C21.CCC(C)(C)OCOC(C)=O. The zero-order chi connectivity index (χ0) is 21.3. The summed E-state index contributed by atoms with van der Waals surface area (Å²) in [4.78, 5) is 22.0. The van der Waals surface area contributed by atoms with Crippen molar-refractivity contribution in [2.24, 2.45) is 35.5 Å². The molecule has 5 nitrogen and oxygen atoms in total. The van der Waals surface area contributed by atoms with Gasteiger partial charge < -0.3 is 14.2 Å². The predicted octanol–water partition coefficient (Wildman–Crippen LogP) is 4.89. The van der Waals surface area contributed by atoms with Crippen molar-refractivity contribution < 1.29 is 23.8 Å². The molecule has 4 saturated carbocycles. The van der Waals surface area contributed by atoms with E-state index in [0.717, 1.165) is 42.4 Å². The van der Waals surface area contributed by atoms with E-state index in [1.165, 1.54) is 32.6 Å². The van der Waals surface area contributed by atoms with Gasteiger partial charge in [0.15, 0.2) is 6.79 Å². The van der Waals surface area contributed by atoms with Crippen LogP contribution in [0.3, 0.4) is 0 Å². The largest absolute Gasteiger partial charge is 0.459 e. The molecule has 164 valence electrons. The molecule has 4 rings (SSSR count). The van der Waals surface area contributed by atoms with Crippen molar-refractivity contribution >= 4 is 11.9 Å². The van der Waals surface area contributed by atoms with Crippen LogP contribution in [0.1, 0.15) is 73.1 Å². The van der Waals surface area contributed by atoms with Gasteiger partial charge in [-0.2, -0.15) is 0 Å². The zero-order valence-corrected chi connectivity index (χ0v) is 18.7. The monoisotopic (exact) mass is 406 g/mol. The summed E-state index contributed by atoms with van der Waals surface area (Å²) >= 11 is 0. The van der Waals surface area contributed by atoms with Crippen molar-refractivity contribution in [2.75, 3.05) is 6.79 Å². The number of hydrogen-bond donors (Lipinski definition) is 0. The van der Waals surface area contributed by atoms with Crippen LogP contribution in [0, 0.1) is 35.5 Å². The molecule has 5 heteroatoms. The third kappa shape index (κ3) is 4.87. The van der Waals surface area contributed by atoms with E-state index in [1.807, 2.05) is 20.8 Å². The molecule has 7 unspecified atom stereocenters. The first-order valence-corrected chi connectivity index (χ1v) is 11.3. The molecule has 0 radical (unpaired) electrons. The van der Waals surface area contributed by atoms with Gasteiger partial charge in [-0.05, 0) is 94.8 Å². The average Bonchev–Trinajstić information content (AvgIpc) is 3.41. The first-order valence-electron chi connectivity index (χ1n) is 11.3. The molecule has 0 aromatic heterocycles. The number of hydrogen-bond acceptors (Lipinski definition) is 5. The summed E-state index contributed by atoms with van der Waals surface area (Å²) in [5.41, 5.74) is 0.345. The minimum absolute atomic E-state index is 0.0518. The van der Waals surface area contributed by atoms with Gasteiger partial charge in [-0.1, -0.05) is 13.5 Å².